The number of nitrogens with zero attached hydrogens (tertiary/aromatic N) is 2. The van der Waals surface area contributed by atoms with Crippen LogP contribution >= 0.6 is 24.0 Å². The number of anilines is 1. The first-order valence-electron chi connectivity index (χ1n) is 8.05. The van der Waals surface area contributed by atoms with E-state index in [1.165, 1.54) is 0 Å². The summed E-state index contributed by atoms with van der Waals surface area (Å²) in [7, 11) is 7.39. The minimum absolute atomic E-state index is 0. The van der Waals surface area contributed by atoms with Gasteiger partial charge in [0.1, 0.15) is 11.5 Å². The topological polar surface area (TPSA) is 81.3 Å². The van der Waals surface area contributed by atoms with Crippen molar-refractivity contribution in [1.29, 1.82) is 0 Å². The second kappa shape index (κ2) is 10.0. The number of aliphatic imine (C=N–C) groups is 1. The standard InChI is InChI=1S/C17H28N4O3.HI/c1-21(2)17(7-9-24-10-8-17)12-19-16(18)20-14-11-13(22-3)5-6-15(14)23-4;/h5-6,11H,7-10,12H2,1-4H3,(H3,18,19,20);1H. The van der Waals surface area contributed by atoms with Gasteiger partial charge in [0.05, 0.1) is 26.5 Å². The van der Waals surface area contributed by atoms with Gasteiger partial charge in [0.25, 0.3) is 0 Å². The summed E-state index contributed by atoms with van der Waals surface area (Å²) < 4.78 is 16.1. The van der Waals surface area contributed by atoms with Gasteiger partial charge in [-0.15, -0.1) is 24.0 Å². The third-order valence-corrected chi connectivity index (χ3v) is 4.59. The lowest BCUT2D eigenvalue weighted by Gasteiger charge is -2.41. The summed E-state index contributed by atoms with van der Waals surface area (Å²) in [6.45, 7) is 2.13. The summed E-state index contributed by atoms with van der Waals surface area (Å²) in [5.41, 5.74) is 6.80. The van der Waals surface area contributed by atoms with E-state index in [0.29, 0.717) is 18.3 Å². The number of ether oxygens (including phenoxy) is 3. The molecule has 1 fully saturated rings. The molecule has 0 unspecified atom stereocenters. The smallest absolute Gasteiger partial charge is 0.193 e. The van der Waals surface area contributed by atoms with E-state index in [-0.39, 0.29) is 29.5 Å². The molecule has 0 atom stereocenters. The van der Waals surface area contributed by atoms with Crippen LogP contribution in [0.4, 0.5) is 5.69 Å². The van der Waals surface area contributed by atoms with Gasteiger partial charge in [0.2, 0.25) is 0 Å². The molecule has 0 aromatic heterocycles. The van der Waals surface area contributed by atoms with Crippen molar-refractivity contribution in [3.63, 3.8) is 0 Å². The molecule has 0 bridgehead atoms. The largest absolute Gasteiger partial charge is 0.497 e. The van der Waals surface area contributed by atoms with E-state index in [1.807, 2.05) is 18.2 Å². The summed E-state index contributed by atoms with van der Waals surface area (Å²) in [4.78, 5) is 6.78. The summed E-state index contributed by atoms with van der Waals surface area (Å²) in [6.07, 6.45) is 1.89. The van der Waals surface area contributed by atoms with Crippen molar-refractivity contribution < 1.29 is 14.2 Å². The average molecular weight is 464 g/mol. The first kappa shape index (κ1) is 21.8. The number of guanidine groups is 1. The molecule has 1 aromatic rings. The fourth-order valence-corrected chi connectivity index (χ4v) is 2.82. The highest BCUT2D eigenvalue weighted by Gasteiger charge is 2.34. The maximum atomic E-state index is 6.09. The molecule has 1 aliphatic heterocycles. The molecule has 2 rings (SSSR count). The van der Waals surface area contributed by atoms with Gasteiger partial charge in [-0.1, -0.05) is 0 Å². The Hall–Kier alpha value is -1.26. The first-order chi connectivity index (χ1) is 11.5. The number of rotatable bonds is 6. The molecule has 0 amide bonds. The van der Waals surface area contributed by atoms with Crippen LogP contribution in [-0.4, -0.2) is 64.5 Å². The molecule has 25 heavy (non-hydrogen) atoms. The first-order valence-corrected chi connectivity index (χ1v) is 8.05. The minimum Gasteiger partial charge on any atom is -0.497 e. The van der Waals surface area contributed by atoms with E-state index < -0.39 is 0 Å². The molecule has 0 saturated carbocycles. The van der Waals surface area contributed by atoms with Crippen LogP contribution in [-0.2, 0) is 4.74 Å². The van der Waals surface area contributed by atoms with Crippen molar-refractivity contribution in [2.75, 3.05) is 53.4 Å². The number of hydrogen-bond acceptors (Lipinski definition) is 5. The number of nitrogens with two attached hydrogens (primary N) is 1. The molecule has 8 heteroatoms. The van der Waals surface area contributed by atoms with Crippen LogP contribution in [0.5, 0.6) is 11.5 Å². The predicted molar refractivity (Wildman–Crippen MR) is 112 cm³/mol. The predicted octanol–water partition coefficient (Wildman–Crippen LogP) is 2.16. The van der Waals surface area contributed by atoms with Gasteiger partial charge in [0.15, 0.2) is 5.96 Å². The Balaban J connectivity index is 0.00000312. The highest BCUT2D eigenvalue weighted by atomic mass is 127. The molecule has 0 spiro atoms. The van der Waals surface area contributed by atoms with E-state index >= 15 is 0 Å². The highest BCUT2D eigenvalue weighted by molar-refractivity contribution is 14.0. The molecule has 0 aliphatic carbocycles. The van der Waals surface area contributed by atoms with E-state index in [2.05, 4.69) is 29.3 Å². The van der Waals surface area contributed by atoms with Crippen molar-refractivity contribution in [3.05, 3.63) is 18.2 Å². The number of halogens is 1. The van der Waals surface area contributed by atoms with E-state index in [1.54, 1.807) is 14.2 Å². The Labute approximate surface area is 166 Å². The number of benzene rings is 1. The van der Waals surface area contributed by atoms with Crippen LogP contribution in [0.1, 0.15) is 12.8 Å². The Morgan fingerprint density at radius 3 is 2.52 bits per heavy atom. The van der Waals surface area contributed by atoms with Gasteiger partial charge in [-0.25, -0.2) is 0 Å². The molecule has 1 saturated heterocycles. The second-order valence-corrected chi connectivity index (χ2v) is 6.12. The zero-order chi connectivity index (χ0) is 17.6. The molecule has 1 aliphatic rings. The van der Waals surface area contributed by atoms with Crippen LogP contribution in [0.2, 0.25) is 0 Å². The summed E-state index contributed by atoms with van der Waals surface area (Å²) >= 11 is 0. The van der Waals surface area contributed by atoms with Crippen LogP contribution < -0.4 is 20.5 Å². The van der Waals surface area contributed by atoms with Crippen molar-refractivity contribution >= 4 is 35.6 Å². The molecule has 0 radical (unpaired) electrons. The maximum Gasteiger partial charge on any atom is 0.193 e. The zero-order valence-corrected chi connectivity index (χ0v) is 17.7. The van der Waals surface area contributed by atoms with E-state index in [0.717, 1.165) is 37.5 Å². The van der Waals surface area contributed by atoms with Crippen LogP contribution in [0, 0.1) is 0 Å². The average Bonchev–Trinajstić information content (AvgIpc) is 2.60. The van der Waals surface area contributed by atoms with Gasteiger partial charge < -0.3 is 30.2 Å². The normalized spacial score (nSPS) is 16.9. The summed E-state index contributed by atoms with van der Waals surface area (Å²) in [6, 6.07) is 5.49. The molecule has 3 N–H and O–H groups in total. The van der Waals surface area contributed by atoms with Gasteiger partial charge >= 0.3 is 0 Å². The molecular weight excluding hydrogens is 435 g/mol. The number of methoxy groups -OCH3 is 2. The van der Waals surface area contributed by atoms with E-state index in [9.17, 15) is 0 Å². The monoisotopic (exact) mass is 464 g/mol. The fourth-order valence-electron chi connectivity index (χ4n) is 2.82. The lowest BCUT2D eigenvalue weighted by Crippen LogP contribution is -2.51. The van der Waals surface area contributed by atoms with Gasteiger partial charge in [0, 0.05) is 24.8 Å². The Morgan fingerprint density at radius 1 is 1.28 bits per heavy atom. The second-order valence-electron chi connectivity index (χ2n) is 6.12. The minimum atomic E-state index is -0.0109. The molecule has 142 valence electrons. The van der Waals surface area contributed by atoms with Crippen LogP contribution in [0.15, 0.2) is 23.2 Å². The zero-order valence-electron chi connectivity index (χ0n) is 15.4. The van der Waals surface area contributed by atoms with E-state index in [4.69, 9.17) is 19.9 Å². The Bertz CT molecular complexity index is 575. The third-order valence-electron chi connectivity index (χ3n) is 4.59. The molecular formula is C17H29IN4O3. The quantitative estimate of drug-likeness (QED) is 0.382. The number of hydrogen-bond donors (Lipinski definition) is 2. The van der Waals surface area contributed by atoms with Crippen molar-refractivity contribution in [2.45, 2.75) is 18.4 Å². The summed E-state index contributed by atoms with van der Waals surface area (Å²) in [5.74, 6) is 1.76. The van der Waals surface area contributed by atoms with Crippen LogP contribution in [0.3, 0.4) is 0 Å². The molecule has 1 heterocycles. The maximum absolute atomic E-state index is 6.09. The van der Waals surface area contributed by atoms with Crippen LogP contribution in [0.25, 0.3) is 0 Å². The van der Waals surface area contributed by atoms with Gasteiger partial charge in [-0.05, 0) is 39.1 Å². The Morgan fingerprint density at radius 2 is 1.96 bits per heavy atom. The highest BCUT2D eigenvalue weighted by Crippen LogP contribution is 2.29. The molecule has 1 aromatic carbocycles. The van der Waals surface area contributed by atoms with Gasteiger partial charge in [-0.3, -0.25) is 4.99 Å². The third kappa shape index (κ3) is 5.61. The SMILES string of the molecule is COc1ccc(OC)c(NC(N)=NCC2(N(C)C)CCOCC2)c1.I. The van der Waals surface area contributed by atoms with Gasteiger partial charge in [-0.2, -0.15) is 0 Å². The van der Waals surface area contributed by atoms with Crippen molar-refractivity contribution in [3.8, 4) is 11.5 Å². The summed E-state index contributed by atoms with van der Waals surface area (Å²) in [5, 5.41) is 3.10. The van der Waals surface area contributed by atoms with Crippen molar-refractivity contribution in [2.24, 2.45) is 10.7 Å². The van der Waals surface area contributed by atoms with Crippen molar-refractivity contribution in [1.82, 2.24) is 4.90 Å². The lowest BCUT2D eigenvalue weighted by atomic mass is 9.89. The lowest BCUT2D eigenvalue weighted by molar-refractivity contribution is -0.00249. The fraction of sp³-hybridized carbons (Fsp3) is 0.588. The number of nitrogens with one attached hydrogen (secondary N) is 1. The Kier molecular flexibility index (Phi) is 8.74. The molecule has 7 nitrogen and oxygen atoms in total. The number of likely N-dealkylation sites (N-methyl/N-ethyl adjacent to an activating group) is 1.